The molecule has 0 amide bonds. The second-order valence-corrected chi connectivity index (χ2v) is 5.39. The van der Waals surface area contributed by atoms with Gasteiger partial charge >= 0.3 is 0 Å². The molecule has 3 N–H and O–H groups in total. The Bertz CT molecular complexity index is 484. The molecule has 0 saturated heterocycles. The molecule has 2 unspecified atom stereocenters. The number of hydrogen-bond donors (Lipinski definition) is 2. The van der Waals surface area contributed by atoms with Crippen molar-refractivity contribution >= 4 is 21.6 Å². The van der Waals surface area contributed by atoms with Crippen LogP contribution in [0.2, 0.25) is 0 Å². The molecule has 1 fully saturated rings. The van der Waals surface area contributed by atoms with E-state index in [1.807, 2.05) is 6.07 Å². The van der Waals surface area contributed by atoms with Crippen molar-refractivity contribution in [1.82, 2.24) is 0 Å². The number of rotatable bonds is 2. The van der Waals surface area contributed by atoms with Crippen molar-refractivity contribution in [2.75, 3.05) is 5.32 Å². The highest BCUT2D eigenvalue weighted by molar-refractivity contribution is 9.10. The van der Waals surface area contributed by atoms with E-state index in [1.54, 1.807) is 12.1 Å². The van der Waals surface area contributed by atoms with E-state index in [0.717, 1.165) is 25.7 Å². The van der Waals surface area contributed by atoms with Crippen LogP contribution in [0, 0.1) is 17.1 Å². The van der Waals surface area contributed by atoms with E-state index < -0.39 is 5.82 Å². The lowest BCUT2D eigenvalue weighted by molar-refractivity contribution is 0.402. The predicted molar refractivity (Wildman–Crippen MR) is 72.7 cm³/mol. The van der Waals surface area contributed by atoms with Crippen molar-refractivity contribution in [3.05, 3.63) is 28.0 Å². The van der Waals surface area contributed by atoms with Crippen molar-refractivity contribution in [3.8, 4) is 6.07 Å². The molecule has 0 heterocycles. The summed E-state index contributed by atoms with van der Waals surface area (Å²) in [6, 6.07) is 5.30. The number of hydrogen-bond acceptors (Lipinski definition) is 3. The Hall–Kier alpha value is -1.12. The highest BCUT2D eigenvalue weighted by atomic mass is 79.9. The van der Waals surface area contributed by atoms with Crippen molar-refractivity contribution in [2.24, 2.45) is 5.73 Å². The molecule has 2 atom stereocenters. The summed E-state index contributed by atoms with van der Waals surface area (Å²) >= 11 is 3.10. The Morgan fingerprint density at radius 2 is 2.11 bits per heavy atom. The van der Waals surface area contributed by atoms with E-state index in [9.17, 15) is 4.39 Å². The molecule has 1 aliphatic carbocycles. The SMILES string of the molecule is N#Cc1ccc(NC2CCCCC2N)c(F)c1Br. The lowest BCUT2D eigenvalue weighted by atomic mass is 9.91. The third-order valence-corrected chi connectivity index (χ3v) is 4.14. The zero-order valence-electron chi connectivity index (χ0n) is 9.92. The summed E-state index contributed by atoms with van der Waals surface area (Å²) in [5.74, 6) is -0.424. The van der Waals surface area contributed by atoms with E-state index in [1.165, 1.54) is 0 Å². The molecule has 1 saturated carbocycles. The topological polar surface area (TPSA) is 61.8 Å². The van der Waals surface area contributed by atoms with Gasteiger partial charge < -0.3 is 11.1 Å². The summed E-state index contributed by atoms with van der Waals surface area (Å²) in [4.78, 5) is 0. The first kappa shape index (κ1) is 13.3. The molecule has 0 aliphatic heterocycles. The lowest BCUT2D eigenvalue weighted by Crippen LogP contribution is -2.42. The maximum absolute atomic E-state index is 14.0. The number of nitrogens with zero attached hydrogens (tertiary/aromatic N) is 1. The minimum absolute atomic E-state index is 0.0626. The van der Waals surface area contributed by atoms with Gasteiger partial charge in [0.2, 0.25) is 0 Å². The van der Waals surface area contributed by atoms with Crippen LogP contribution in [0.1, 0.15) is 31.2 Å². The molecular weight excluding hydrogens is 297 g/mol. The first-order valence-corrected chi connectivity index (χ1v) is 6.83. The summed E-state index contributed by atoms with van der Waals surface area (Å²) in [5, 5.41) is 12.0. The van der Waals surface area contributed by atoms with Crippen LogP contribution < -0.4 is 11.1 Å². The molecule has 1 aliphatic rings. The Balaban J connectivity index is 2.19. The standard InChI is InChI=1S/C13H15BrFN3/c14-12-8(7-16)5-6-11(13(12)15)18-10-4-2-1-3-9(10)17/h5-6,9-10,18H,1-4,17H2. The van der Waals surface area contributed by atoms with Crippen LogP contribution in [-0.4, -0.2) is 12.1 Å². The van der Waals surface area contributed by atoms with E-state index >= 15 is 0 Å². The zero-order valence-corrected chi connectivity index (χ0v) is 11.5. The minimum atomic E-state index is -0.424. The van der Waals surface area contributed by atoms with E-state index in [4.69, 9.17) is 11.0 Å². The van der Waals surface area contributed by atoms with Gasteiger partial charge in [0.05, 0.1) is 15.7 Å². The van der Waals surface area contributed by atoms with Gasteiger partial charge in [-0.05, 0) is 40.9 Å². The number of nitrogens with one attached hydrogen (secondary N) is 1. The van der Waals surface area contributed by atoms with Gasteiger partial charge in [0.25, 0.3) is 0 Å². The number of nitriles is 1. The maximum Gasteiger partial charge on any atom is 0.161 e. The summed E-state index contributed by atoms with van der Waals surface area (Å²) in [5.41, 5.74) is 6.72. The highest BCUT2D eigenvalue weighted by Crippen LogP contribution is 2.29. The summed E-state index contributed by atoms with van der Waals surface area (Å²) in [6.07, 6.45) is 4.18. The van der Waals surface area contributed by atoms with Crippen LogP contribution in [-0.2, 0) is 0 Å². The first-order chi connectivity index (χ1) is 8.63. The van der Waals surface area contributed by atoms with Crippen molar-refractivity contribution in [3.63, 3.8) is 0 Å². The van der Waals surface area contributed by atoms with Gasteiger partial charge in [-0.15, -0.1) is 0 Å². The number of benzene rings is 1. The van der Waals surface area contributed by atoms with Crippen LogP contribution in [0.4, 0.5) is 10.1 Å². The summed E-state index contributed by atoms with van der Waals surface area (Å²) in [7, 11) is 0. The third-order valence-electron chi connectivity index (χ3n) is 3.36. The van der Waals surface area contributed by atoms with Gasteiger partial charge in [-0.3, -0.25) is 0 Å². The highest BCUT2D eigenvalue weighted by Gasteiger charge is 2.23. The molecule has 0 aromatic heterocycles. The largest absolute Gasteiger partial charge is 0.378 e. The third kappa shape index (κ3) is 2.65. The normalized spacial score (nSPS) is 23.4. The van der Waals surface area contributed by atoms with Gasteiger partial charge in [0, 0.05) is 12.1 Å². The molecule has 1 aromatic carbocycles. The Labute approximate surface area is 114 Å². The maximum atomic E-state index is 14.0. The van der Waals surface area contributed by atoms with Gasteiger partial charge in [-0.1, -0.05) is 12.8 Å². The smallest absolute Gasteiger partial charge is 0.161 e. The van der Waals surface area contributed by atoms with Crippen LogP contribution in [0.15, 0.2) is 16.6 Å². The predicted octanol–water partition coefficient (Wildman–Crippen LogP) is 3.14. The first-order valence-electron chi connectivity index (χ1n) is 6.03. The number of nitrogens with two attached hydrogens (primary N) is 1. The summed E-state index contributed by atoms with van der Waals surface area (Å²) < 4.78 is 14.2. The number of anilines is 1. The molecular formula is C13H15BrFN3. The van der Waals surface area contributed by atoms with Crippen LogP contribution in [0.3, 0.4) is 0 Å². The Morgan fingerprint density at radius 3 is 2.78 bits per heavy atom. The molecule has 18 heavy (non-hydrogen) atoms. The summed E-state index contributed by atoms with van der Waals surface area (Å²) in [6.45, 7) is 0. The van der Waals surface area contributed by atoms with Gasteiger partial charge in [-0.25, -0.2) is 4.39 Å². The lowest BCUT2D eigenvalue weighted by Gasteiger charge is -2.30. The van der Waals surface area contributed by atoms with Gasteiger partial charge in [-0.2, -0.15) is 5.26 Å². The average Bonchev–Trinajstić information content (AvgIpc) is 2.38. The van der Waals surface area contributed by atoms with Gasteiger partial charge in [0.15, 0.2) is 5.82 Å². The monoisotopic (exact) mass is 311 g/mol. The molecule has 0 spiro atoms. The fraction of sp³-hybridized carbons (Fsp3) is 0.462. The van der Waals surface area contributed by atoms with Crippen molar-refractivity contribution in [2.45, 2.75) is 37.8 Å². The quantitative estimate of drug-likeness (QED) is 0.882. The van der Waals surface area contributed by atoms with E-state index in [0.29, 0.717) is 11.3 Å². The van der Waals surface area contributed by atoms with E-state index in [-0.39, 0.29) is 16.6 Å². The fourth-order valence-electron chi connectivity index (χ4n) is 2.29. The minimum Gasteiger partial charge on any atom is -0.378 e. The van der Waals surface area contributed by atoms with Gasteiger partial charge in [0.1, 0.15) is 6.07 Å². The fourth-order valence-corrected chi connectivity index (χ4v) is 2.72. The second-order valence-electron chi connectivity index (χ2n) is 4.60. The molecule has 0 radical (unpaired) electrons. The molecule has 1 aromatic rings. The van der Waals surface area contributed by atoms with Crippen molar-refractivity contribution < 1.29 is 4.39 Å². The van der Waals surface area contributed by atoms with Crippen LogP contribution >= 0.6 is 15.9 Å². The second kappa shape index (κ2) is 5.68. The van der Waals surface area contributed by atoms with E-state index in [2.05, 4.69) is 21.2 Å². The Kier molecular flexibility index (Phi) is 4.20. The van der Waals surface area contributed by atoms with Crippen LogP contribution in [0.5, 0.6) is 0 Å². The molecule has 0 bridgehead atoms. The molecule has 2 rings (SSSR count). The average molecular weight is 312 g/mol. The molecule has 3 nitrogen and oxygen atoms in total. The molecule has 96 valence electrons. The Morgan fingerprint density at radius 1 is 1.39 bits per heavy atom. The van der Waals surface area contributed by atoms with Crippen LogP contribution in [0.25, 0.3) is 0 Å². The van der Waals surface area contributed by atoms with Crippen molar-refractivity contribution in [1.29, 1.82) is 5.26 Å². The molecule has 5 heteroatoms. The number of halogens is 2. The zero-order chi connectivity index (χ0) is 13.1.